The molecule has 1 aromatic rings. The van der Waals surface area contributed by atoms with E-state index in [2.05, 4.69) is 23.2 Å². The van der Waals surface area contributed by atoms with Gasteiger partial charge in [0, 0.05) is 25.2 Å². The number of ether oxygens (including phenoxy) is 1. The fourth-order valence-electron chi connectivity index (χ4n) is 2.37. The maximum Gasteiger partial charge on any atom is 0.235 e. The van der Waals surface area contributed by atoms with E-state index in [0.717, 1.165) is 37.4 Å². The van der Waals surface area contributed by atoms with Crippen LogP contribution in [0.4, 0.5) is 0 Å². The van der Waals surface area contributed by atoms with Gasteiger partial charge in [-0.2, -0.15) is 0 Å². The number of benzene rings is 1. The number of carbonyl (C=O) groups excluding carboxylic acids is 1. The van der Waals surface area contributed by atoms with Crippen molar-refractivity contribution in [3.8, 4) is 5.75 Å². The van der Waals surface area contributed by atoms with Crippen molar-refractivity contribution in [1.29, 1.82) is 0 Å². The van der Waals surface area contributed by atoms with E-state index >= 15 is 0 Å². The van der Waals surface area contributed by atoms with E-state index in [4.69, 9.17) is 10.5 Å². The molecule has 1 aliphatic heterocycles. The van der Waals surface area contributed by atoms with Gasteiger partial charge in [0.1, 0.15) is 12.4 Å². The van der Waals surface area contributed by atoms with E-state index < -0.39 is 0 Å². The Morgan fingerprint density at radius 3 is 3.05 bits per heavy atom. The zero-order valence-corrected chi connectivity index (χ0v) is 12.0. The average Bonchev–Trinajstić information content (AvgIpc) is 2.64. The lowest BCUT2D eigenvalue weighted by molar-refractivity contribution is -0.120. The monoisotopic (exact) mass is 277 g/mol. The van der Waals surface area contributed by atoms with E-state index in [0.29, 0.717) is 13.2 Å². The predicted octanol–water partition coefficient (Wildman–Crippen LogP) is 0.734. The Morgan fingerprint density at radius 2 is 2.30 bits per heavy atom. The second kappa shape index (κ2) is 7.26. The van der Waals surface area contributed by atoms with E-state index in [9.17, 15) is 4.79 Å². The Kier molecular flexibility index (Phi) is 5.38. The smallest absolute Gasteiger partial charge is 0.235 e. The van der Waals surface area contributed by atoms with Crippen LogP contribution in [0.15, 0.2) is 24.3 Å². The molecule has 5 nitrogen and oxygen atoms in total. The molecule has 0 aromatic heterocycles. The summed E-state index contributed by atoms with van der Waals surface area (Å²) in [4.78, 5) is 13.7. The minimum absolute atomic E-state index is 0.295. The first kappa shape index (κ1) is 14.8. The normalized spacial score (nSPS) is 16.9. The summed E-state index contributed by atoms with van der Waals surface area (Å²) in [5, 5.41) is 3.20. The number of rotatable bonds is 6. The summed E-state index contributed by atoms with van der Waals surface area (Å²) in [6, 6.07) is 7.72. The number of nitrogens with zero attached hydrogens (tertiary/aromatic N) is 1. The molecular weight excluding hydrogens is 254 g/mol. The van der Waals surface area contributed by atoms with Crippen LogP contribution in [-0.4, -0.2) is 43.1 Å². The van der Waals surface area contributed by atoms with Crippen molar-refractivity contribution < 1.29 is 9.53 Å². The molecule has 0 fully saturated rings. The van der Waals surface area contributed by atoms with Crippen molar-refractivity contribution >= 4 is 5.91 Å². The summed E-state index contributed by atoms with van der Waals surface area (Å²) in [7, 11) is 0. The highest BCUT2D eigenvalue weighted by molar-refractivity contribution is 5.80. The van der Waals surface area contributed by atoms with Gasteiger partial charge in [0.25, 0.3) is 0 Å². The molecule has 3 N–H and O–H groups in total. The second-order valence-electron chi connectivity index (χ2n) is 5.10. The Bertz CT molecular complexity index is 450. The van der Waals surface area contributed by atoms with Gasteiger partial charge in [-0.25, -0.2) is 0 Å². The fourth-order valence-corrected chi connectivity index (χ4v) is 2.37. The van der Waals surface area contributed by atoms with Gasteiger partial charge in [0.15, 0.2) is 0 Å². The van der Waals surface area contributed by atoms with Crippen LogP contribution in [0.2, 0.25) is 0 Å². The Labute approximate surface area is 120 Å². The first-order valence-corrected chi connectivity index (χ1v) is 7.16. The van der Waals surface area contributed by atoms with Crippen molar-refractivity contribution in [2.45, 2.75) is 25.9 Å². The number of para-hydroxylation sites is 1. The highest BCUT2D eigenvalue weighted by Crippen LogP contribution is 2.22. The van der Waals surface area contributed by atoms with Crippen molar-refractivity contribution in [1.82, 2.24) is 10.2 Å². The molecule has 0 saturated carbocycles. The van der Waals surface area contributed by atoms with E-state index in [-0.39, 0.29) is 11.9 Å². The van der Waals surface area contributed by atoms with Crippen LogP contribution in [0.1, 0.15) is 18.9 Å². The number of nitrogens with two attached hydrogens (primary N) is 1. The molecule has 20 heavy (non-hydrogen) atoms. The van der Waals surface area contributed by atoms with Gasteiger partial charge in [-0.05, 0) is 19.0 Å². The molecule has 5 heteroatoms. The molecule has 0 aliphatic carbocycles. The third kappa shape index (κ3) is 3.95. The molecular formula is C15H23N3O2. The fraction of sp³-hybridized carbons (Fsp3) is 0.533. The summed E-state index contributed by atoms with van der Waals surface area (Å²) in [5.41, 5.74) is 6.63. The van der Waals surface area contributed by atoms with Crippen LogP contribution < -0.4 is 15.8 Å². The van der Waals surface area contributed by atoms with Crippen molar-refractivity contribution in [2.24, 2.45) is 5.73 Å². The van der Waals surface area contributed by atoms with Crippen LogP contribution in [-0.2, 0) is 11.3 Å². The maximum absolute atomic E-state index is 11.5. The molecule has 2 rings (SSSR count). The van der Waals surface area contributed by atoms with E-state index in [1.54, 1.807) is 0 Å². The summed E-state index contributed by atoms with van der Waals surface area (Å²) in [6.07, 6.45) is 0.982. The van der Waals surface area contributed by atoms with Crippen LogP contribution in [0.25, 0.3) is 0 Å². The molecule has 0 saturated heterocycles. The van der Waals surface area contributed by atoms with Gasteiger partial charge in [0.05, 0.1) is 6.04 Å². The van der Waals surface area contributed by atoms with Crippen LogP contribution in [0, 0.1) is 0 Å². The van der Waals surface area contributed by atoms with Gasteiger partial charge in [-0.15, -0.1) is 0 Å². The highest BCUT2D eigenvalue weighted by Gasteiger charge is 2.21. The van der Waals surface area contributed by atoms with Crippen LogP contribution in [0.5, 0.6) is 5.75 Å². The van der Waals surface area contributed by atoms with Crippen molar-refractivity contribution in [3.05, 3.63) is 29.8 Å². The quantitative estimate of drug-likeness (QED) is 0.804. The SMILES string of the molecule is CCCNC(CN1CCOc2ccccc2C1)C(N)=O. The summed E-state index contributed by atoms with van der Waals surface area (Å²) in [5.74, 6) is 0.643. The predicted molar refractivity (Wildman–Crippen MR) is 78.5 cm³/mol. The third-order valence-corrected chi connectivity index (χ3v) is 3.46. The number of hydrogen-bond acceptors (Lipinski definition) is 4. The number of fused-ring (bicyclic) bond motifs is 1. The molecule has 1 amide bonds. The van der Waals surface area contributed by atoms with E-state index in [1.807, 2.05) is 18.2 Å². The standard InChI is InChI=1S/C15H23N3O2/c1-2-7-17-13(15(16)19)11-18-8-9-20-14-6-4-3-5-12(14)10-18/h3-6,13,17H,2,7-11H2,1H3,(H2,16,19). The second-order valence-corrected chi connectivity index (χ2v) is 5.10. The summed E-state index contributed by atoms with van der Waals surface area (Å²) in [6.45, 7) is 5.71. The summed E-state index contributed by atoms with van der Waals surface area (Å²) >= 11 is 0. The highest BCUT2D eigenvalue weighted by atomic mass is 16.5. The molecule has 1 aromatic carbocycles. The largest absolute Gasteiger partial charge is 0.492 e. The lowest BCUT2D eigenvalue weighted by Gasteiger charge is -2.24. The van der Waals surface area contributed by atoms with Crippen molar-refractivity contribution in [2.75, 3.05) is 26.2 Å². The Morgan fingerprint density at radius 1 is 1.50 bits per heavy atom. The van der Waals surface area contributed by atoms with Gasteiger partial charge in [-0.1, -0.05) is 25.1 Å². The third-order valence-electron chi connectivity index (χ3n) is 3.46. The molecule has 1 unspecified atom stereocenters. The Hall–Kier alpha value is -1.59. The number of amides is 1. The lowest BCUT2D eigenvalue weighted by atomic mass is 10.1. The number of hydrogen-bond donors (Lipinski definition) is 2. The Balaban J connectivity index is 2.00. The summed E-state index contributed by atoms with van der Waals surface area (Å²) < 4.78 is 5.72. The van der Waals surface area contributed by atoms with Crippen LogP contribution >= 0.6 is 0 Å². The molecule has 1 atom stereocenters. The molecule has 0 radical (unpaired) electrons. The maximum atomic E-state index is 11.5. The molecule has 110 valence electrons. The molecule has 0 spiro atoms. The molecule has 1 heterocycles. The van der Waals surface area contributed by atoms with E-state index in [1.165, 1.54) is 0 Å². The minimum atomic E-state index is -0.305. The number of nitrogens with one attached hydrogen (secondary N) is 1. The van der Waals surface area contributed by atoms with Gasteiger partial charge < -0.3 is 15.8 Å². The number of carbonyl (C=O) groups is 1. The molecule has 0 bridgehead atoms. The zero-order valence-electron chi connectivity index (χ0n) is 12.0. The van der Waals surface area contributed by atoms with Crippen LogP contribution in [0.3, 0.4) is 0 Å². The molecule has 1 aliphatic rings. The van der Waals surface area contributed by atoms with Gasteiger partial charge >= 0.3 is 0 Å². The zero-order chi connectivity index (χ0) is 14.4. The van der Waals surface area contributed by atoms with Gasteiger partial charge in [-0.3, -0.25) is 9.69 Å². The lowest BCUT2D eigenvalue weighted by Crippen LogP contribution is -2.49. The van der Waals surface area contributed by atoms with Gasteiger partial charge in [0.2, 0.25) is 5.91 Å². The topological polar surface area (TPSA) is 67.6 Å². The first-order chi connectivity index (χ1) is 9.70. The minimum Gasteiger partial charge on any atom is -0.492 e. The van der Waals surface area contributed by atoms with Crippen molar-refractivity contribution in [3.63, 3.8) is 0 Å². The number of primary amides is 1. The average molecular weight is 277 g/mol. The first-order valence-electron chi connectivity index (χ1n) is 7.16.